The Kier molecular flexibility index (Phi) is 5.03. The minimum atomic E-state index is -2.93. The van der Waals surface area contributed by atoms with Crippen molar-refractivity contribution >= 4 is 27.2 Å². The summed E-state index contributed by atoms with van der Waals surface area (Å²) in [6.07, 6.45) is 3.02. The molecule has 2 heterocycles. The fourth-order valence-corrected chi connectivity index (χ4v) is 4.43. The predicted molar refractivity (Wildman–Crippen MR) is 98.7 cm³/mol. The lowest BCUT2D eigenvalue weighted by Gasteiger charge is -2.12. The van der Waals surface area contributed by atoms with Crippen molar-refractivity contribution < 1.29 is 13.2 Å². The van der Waals surface area contributed by atoms with Gasteiger partial charge in [0, 0.05) is 17.9 Å². The molecule has 0 spiro atoms. The summed E-state index contributed by atoms with van der Waals surface area (Å²) in [7, 11) is -2.93. The second-order valence-electron chi connectivity index (χ2n) is 6.18. The van der Waals surface area contributed by atoms with E-state index >= 15 is 0 Å². The van der Waals surface area contributed by atoms with Crippen LogP contribution in [0.3, 0.4) is 0 Å². The van der Waals surface area contributed by atoms with Gasteiger partial charge < -0.3 is 10.6 Å². The number of hydrogen-bond acceptors (Lipinski definition) is 5. The van der Waals surface area contributed by atoms with Crippen LogP contribution < -0.4 is 10.6 Å². The quantitative estimate of drug-likeness (QED) is 0.856. The standard InChI is InChI=1S/C18H21N3O3S/c1-2-13-3-6-15(7-4-13)21-18(22)14-5-8-17(19-11-14)20-16-9-10-25(23,24)12-16/h3-8,11,16H,2,9-10,12H2,1H3,(H,19,20)(H,21,22). The van der Waals surface area contributed by atoms with Gasteiger partial charge in [-0.25, -0.2) is 13.4 Å². The van der Waals surface area contributed by atoms with Gasteiger partial charge in [-0.2, -0.15) is 0 Å². The minimum absolute atomic E-state index is 0.116. The monoisotopic (exact) mass is 359 g/mol. The molecule has 1 saturated heterocycles. The highest BCUT2D eigenvalue weighted by Gasteiger charge is 2.27. The number of carbonyl (C=O) groups is 1. The third-order valence-electron chi connectivity index (χ3n) is 4.23. The number of hydrogen-bond donors (Lipinski definition) is 2. The van der Waals surface area contributed by atoms with Crippen molar-refractivity contribution in [2.75, 3.05) is 22.1 Å². The first-order valence-corrected chi connectivity index (χ1v) is 10.1. The molecule has 3 rings (SSSR count). The van der Waals surface area contributed by atoms with Gasteiger partial charge in [0.2, 0.25) is 0 Å². The van der Waals surface area contributed by atoms with E-state index in [1.807, 2.05) is 24.3 Å². The molecule has 6 nitrogen and oxygen atoms in total. The Hall–Kier alpha value is -2.41. The van der Waals surface area contributed by atoms with Gasteiger partial charge in [0.25, 0.3) is 5.91 Å². The molecule has 0 bridgehead atoms. The summed E-state index contributed by atoms with van der Waals surface area (Å²) in [5.41, 5.74) is 2.40. The van der Waals surface area contributed by atoms with E-state index in [1.165, 1.54) is 11.8 Å². The van der Waals surface area contributed by atoms with Gasteiger partial charge in [-0.3, -0.25) is 4.79 Å². The Morgan fingerprint density at radius 2 is 1.96 bits per heavy atom. The van der Waals surface area contributed by atoms with Crippen LogP contribution in [-0.2, 0) is 16.3 Å². The molecule has 1 unspecified atom stereocenters. The molecule has 1 aliphatic heterocycles. The molecule has 2 aromatic rings. The summed E-state index contributed by atoms with van der Waals surface area (Å²) >= 11 is 0. The summed E-state index contributed by atoms with van der Waals surface area (Å²) in [5, 5.41) is 5.94. The summed E-state index contributed by atoms with van der Waals surface area (Å²) in [4.78, 5) is 16.5. The zero-order valence-electron chi connectivity index (χ0n) is 14.0. The molecule has 0 aliphatic carbocycles. The van der Waals surface area contributed by atoms with Crippen LogP contribution in [0.1, 0.15) is 29.3 Å². The highest BCUT2D eigenvalue weighted by Crippen LogP contribution is 2.17. The average Bonchev–Trinajstić information content (AvgIpc) is 2.94. The number of rotatable bonds is 5. The number of sulfone groups is 1. The van der Waals surface area contributed by atoms with Crippen molar-refractivity contribution in [2.24, 2.45) is 0 Å². The average molecular weight is 359 g/mol. The third kappa shape index (κ3) is 4.57. The molecule has 2 N–H and O–H groups in total. The van der Waals surface area contributed by atoms with Crippen LogP contribution in [-0.4, -0.2) is 36.9 Å². The van der Waals surface area contributed by atoms with Gasteiger partial charge in [0.15, 0.2) is 9.84 Å². The lowest BCUT2D eigenvalue weighted by molar-refractivity contribution is 0.102. The topological polar surface area (TPSA) is 88.2 Å². The number of anilines is 2. The summed E-state index contributed by atoms with van der Waals surface area (Å²) in [6, 6.07) is 11.0. The van der Waals surface area contributed by atoms with Crippen LogP contribution in [0.4, 0.5) is 11.5 Å². The minimum Gasteiger partial charge on any atom is -0.366 e. The van der Waals surface area contributed by atoms with Crippen LogP contribution in [0.15, 0.2) is 42.6 Å². The van der Waals surface area contributed by atoms with E-state index in [9.17, 15) is 13.2 Å². The number of nitrogens with one attached hydrogen (secondary N) is 2. The number of nitrogens with zero attached hydrogens (tertiary/aromatic N) is 1. The number of benzene rings is 1. The van der Waals surface area contributed by atoms with Crippen LogP contribution in [0.25, 0.3) is 0 Å². The third-order valence-corrected chi connectivity index (χ3v) is 6.00. The summed E-state index contributed by atoms with van der Waals surface area (Å²) < 4.78 is 23.0. The van der Waals surface area contributed by atoms with Crippen molar-refractivity contribution in [2.45, 2.75) is 25.8 Å². The Balaban J connectivity index is 1.60. The predicted octanol–water partition coefficient (Wildman–Crippen LogP) is 2.50. The smallest absolute Gasteiger partial charge is 0.257 e. The molecule has 1 fully saturated rings. The first kappa shape index (κ1) is 17.4. The summed E-state index contributed by atoms with van der Waals surface area (Å²) in [5.74, 6) is 0.685. The molecule has 7 heteroatoms. The lowest BCUT2D eigenvalue weighted by Crippen LogP contribution is -2.21. The van der Waals surface area contributed by atoms with E-state index < -0.39 is 9.84 Å². The lowest BCUT2D eigenvalue weighted by atomic mass is 10.1. The Labute approximate surface area is 147 Å². The molecule has 1 atom stereocenters. The van der Waals surface area contributed by atoms with Gasteiger partial charge >= 0.3 is 0 Å². The highest BCUT2D eigenvalue weighted by atomic mass is 32.2. The van der Waals surface area contributed by atoms with Crippen molar-refractivity contribution in [3.63, 3.8) is 0 Å². The molecule has 1 aromatic carbocycles. The van der Waals surface area contributed by atoms with E-state index in [1.54, 1.807) is 12.1 Å². The van der Waals surface area contributed by atoms with Crippen molar-refractivity contribution in [3.05, 3.63) is 53.7 Å². The maximum Gasteiger partial charge on any atom is 0.257 e. The fraction of sp³-hybridized carbons (Fsp3) is 0.333. The van der Waals surface area contributed by atoms with E-state index in [4.69, 9.17) is 0 Å². The first-order valence-electron chi connectivity index (χ1n) is 8.28. The van der Waals surface area contributed by atoms with E-state index in [0.717, 1.165) is 12.1 Å². The zero-order chi connectivity index (χ0) is 17.9. The number of pyridine rings is 1. The normalized spacial score (nSPS) is 18.7. The molecule has 25 heavy (non-hydrogen) atoms. The molecular formula is C18H21N3O3S. The van der Waals surface area contributed by atoms with E-state index in [2.05, 4.69) is 22.5 Å². The van der Waals surface area contributed by atoms with Crippen molar-refractivity contribution in [1.29, 1.82) is 0 Å². The second kappa shape index (κ2) is 7.23. The van der Waals surface area contributed by atoms with Gasteiger partial charge in [0.05, 0.1) is 17.1 Å². The van der Waals surface area contributed by atoms with Gasteiger partial charge in [-0.15, -0.1) is 0 Å². The van der Waals surface area contributed by atoms with Crippen LogP contribution >= 0.6 is 0 Å². The maximum absolute atomic E-state index is 12.3. The molecule has 0 saturated carbocycles. The number of carbonyl (C=O) groups excluding carboxylic acids is 1. The molecule has 1 aromatic heterocycles. The van der Waals surface area contributed by atoms with Gasteiger partial charge in [-0.05, 0) is 42.7 Å². The number of amides is 1. The van der Waals surface area contributed by atoms with Crippen molar-refractivity contribution in [3.8, 4) is 0 Å². The van der Waals surface area contributed by atoms with Crippen LogP contribution in [0.2, 0.25) is 0 Å². The largest absolute Gasteiger partial charge is 0.366 e. The molecular weight excluding hydrogens is 338 g/mol. The van der Waals surface area contributed by atoms with Crippen LogP contribution in [0.5, 0.6) is 0 Å². The molecule has 0 radical (unpaired) electrons. The number of aromatic nitrogens is 1. The van der Waals surface area contributed by atoms with Crippen LogP contribution in [0, 0.1) is 0 Å². The first-order chi connectivity index (χ1) is 11.9. The molecule has 1 amide bonds. The maximum atomic E-state index is 12.3. The summed E-state index contributed by atoms with van der Waals surface area (Å²) in [6.45, 7) is 2.08. The van der Waals surface area contributed by atoms with Crippen molar-refractivity contribution in [1.82, 2.24) is 4.98 Å². The Morgan fingerprint density at radius 3 is 2.52 bits per heavy atom. The Morgan fingerprint density at radius 1 is 1.20 bits per heavy atom. The fourth-order valence-electron chi connectivity index (χ4n) is 2.76. The zero-order valence-corrected chi connectivity index (χ0v) is 14.8. The van der Waals surface area contributed by atoms with Gasteiger partial charge in [0.1, 0.15) is 5.82 Å². The molecule has 132 valence electrons. The highest BCUT2D eigenvalue weighted by molar-refractivity contribution is 7.91. The van der Waals surface area contributed by atoms with E-state index in [0.29, 0.717) is 17.8 Å². The second-order valence-corrected chi connectivity index (χ2v) is 8.41. The number of aryl methyl sites for hydroxylation is 1. The van der Waals surface area contributed by atoms with Gasteiger partial charge in [-0.1, -0.05) is 19.1 Å². The molecule has 1 aliphatic rings. The van der Waals surface area contributed by atoms with E-state index in [-0.39, 0.29) is 23.5 Å². The Bertz CT molecular complexity index is 846. The SMILES string of the molecule is CCc1ccc(NC(=O)c2ccc(NC3CCS(=O)(=O)C3)nc2)cc1.